The maximum atomic E-state index is 12.7. The van der Waals surface area contributed by atoms with Crippen molar-refractivity contribution in [1.82, 2.24) is 4.57 Å². The van der Waals surface area contributed by atoms with Crippen LogP contribution in [0.15, 0.2) is 36.0 Å². The smallest absolute Gasteiger partial charge is 0.419 e. The maximum absolute atomic E-state index is 12.7. The lowest BCUT2D eigenvalue weighted by atomic mass is 9.94. The van der Waals surface area contributed by atoms with Crippen molar-refractivity contribution in [2.75, 3.05) is 0 Å². The number of carbonyl (C=O) groups excluding carboxylic acids is 1. The lowest BCUT2D eigenvalue weighted by Crippen LogP contribution is -2.26. The number of aromatic nitrogens is 1. The number of benzene rings is 1. The number of fused-ring (bicyclic) bond motifs is 1. The molecule has 0 N–H and O–H groups in total. The van der Waals surface area contributed by atoms with E-state index in [0.717, 1.165) is 53.3 Å². The van der Waals surface area contributed by atoms with Crippen LogP contribution < -0.4 is 0 Å². The highest BCUT2D eigenvalue weighted by atomic mass is 16.6. The Morgan fingerprint density at radius 3 is 2.38 bits per heavy atom. The first kappa shape index (κ1) is 19.8. The molecular formula is C22H28N2O2. The number of hydrogen-bond acceptors (Lipinski definition) is 3. The van der Waals surface area contributed by atoms with E-state index in [4.69, 9.17) is 4.74 Å². The molecule has 0 aliphatic carbocycles. The number of para-hydroxylation sites is 1. The molecule has 0 saturated heterocycles. The average molecular weight is 352 g/mol. The molecule has 0 radical (unpaired) electrons. The Bertz CT molecular complexity index is 860. The number of nitriles is 1. The van der Waals surface area contributed by atoms with Crippen LogP contribution in [0, 0.1) is 11.3 Å². The third-order valence-electron chi connectivity index (χ3n) is 4.13. The SMILES string of the molecule is CCC/C(C#N)=C(\CCC)c1cn(C(=O)OC(C)(C)C)c2ccccc12. The Kier molecular flexibility index (Phi) is 6.26. The molecule has 2 aromatic rings. The van der Waals surface area contributed by atoms with E-state index < -0.39 is 11.7 Å². The third-order valence-corrected chi connectivity index (χ3v) is 4.13. The summed E-state index contributed by atoms with van der Waals surface area (Å²) in [5, 5.41) is 10.6. The highest BCUT2D eigenvalue weighted by Crippen LogP contribution is 2.33. The van der Waals surface area contributed by atoms with Gasteiger partial charge >= 0.3 is 6.09 Å². The molecule has 0 aliphatic rings. The van der Waals surface area contributed by atoms with Crippen molar-refractivity contribution in [3.8, 4) is 6.07 Å². The first-order valence-corrected chi connectivity index (χ1v) is 9.28. The van der Waals surface area contributed by atoms with Crippen LogP contribution >= 0.6 is 0 Å². The summed E-state index contributed by atoms with van der Waals surface area (Å²) in [4.78, 5) is 12.7. The summed E-state index contributed by atoms with van der Waals surface area (Å²) in [7, 11) is 0. The largest absolute Gasteiger partial charge is 0.443 e. The van der Waals surface area contributed by atoms with Crippen molar-refractivity contribution in [2.45, 2.75) is 65.9 Å². The molecule has 0 fully saturated rings. The summed E-state index contributed by atoms with van der Waals surface area (Å²) in [5.41, 5.74) is 3.04. The fourth-order valence-electron chi connectivity index (χ4n) is 3.10. The topological polar surface area (TPSA) is 55.0 Å². The zero-order valence-electron chi connectivity index (χ0n) is 16.4. The molecule has 0 atom stereocenters. The van der Waals surface area contributed by atoms with E-state index >= 15 is 0 Å². The van der Waals surface area contributed by atoms with E-state index in [-0.39, 0.29) is 0 Å². The van der Waals surface area contributed by atoms with Crippen LogP contribution in [0.1, 0.15) is 65.9 Å². The van der Waals surface area contributed by atoms with E-state index in [9.17, 15) is 10.1 Å². The van der Waals surface area contributed by atoms with E-state index in [2.05, 4.69) is 19.9 Å². The Hall–Kier alpha value is -2.54. The van der Waals surface area contributed by atoms with Gasteiger partial charge in [0.25, 0.3) is 0 Å². The zero-order valence-corrected chi connectivity index (χ0v) is 16.4. The second kappa shape index (κ2) is 8.23. The lowest BCUT2D eigenvalue weighted by Gasteiger charge is -2.19. The maximum Gasteiger partial charge on any atom is 0.419 e. The Labute approximate surface area is 156 Å². The summed E-state index contributed by atoms with van der Waals surface area (Å²) in [6.45, 7) is 9.75. The molecule has 0 bridgehead atoms. The van der Waals surface area contributed by atoms with Gasteiger partial charge < -0.3 is 4.74 Å². The summed E-state index contributed by atoms with van der Waals surface area (Å²) >= 11 is 0. The minimum Gasteiger partial charge on any atom is -0.443 e. The third kappa shape index (κ3) is 4.35. The molecule has 1 heterocycles. The van der Waals surface area contributed by atoms with Gasteiger partial charge in [-0.2, -0.15) is 5.26 Å². The summed E-state index contributed by atoms with van der Waals surface area (Å²) in [6, 6.07) is 10.2. The van der Waals surface area contributed by atoms with E-state index in [1.807, 2.05) is 51.2 Å². The van der Waals surface area contributed by atoms with Crippen LogP contribution in [0.3, 0.4) is 0 Å². The zero-order chi connectivity index (χ0) is 19.3. The fourth-order valence-corrected chi connectivity index (χ4v) is 3.10. The fraction of sp³-hybridized carbons (Fsp3) is 0.455. The van der Waals surface area contributed by atoms with Gasteiger partial charge in [-0.15, -0.1) is 0 Å². The summed E-state index contributed by atoms with van der Waals surface area (Å²) in [6.07, 6.45) is 4.85. The van der Waals surface area contributed by atoms with Crippen LogP contribution in [0.2, 0.25) is 0 Å². The Morgan fingerprint density at radius 2 is 1.81 bits per heavy atom. The molecule has 138 valence electrons. The van der Waals surface area contributed by atoms with Crippen LogP contribution in [-0.2, 0) is 4.74 Å². The van der Waals surface area contributed by atoms with Crippen molar-refractivity contribution >= 4 is 22.6 Å². The molecular weight excluding hydrogens is 324 g/mol. The van der Waals surface area contributed by atoms with Gasteiger partial charge in [0.15, 0.2) is 0 Å². The van der Waals surface area contributed by atoms with Crippen molar-refractivity contribution in [3.05, 3.63) is 41.6 Å². The molecule has 4 heteroatoms. The van der Waals surface area contributed by atoms with Crippen molar-refractivity contribution < 1.29 is 9.53 Å². The van der Waals surface area contributed by atoms with Crippen molar-refractivity contribution in [1.29, 1.82) is 5.26 Å². The predicted octanol–water partition coefficient (Wildman–Crippen LogP) is 6.30. The van der Waals surface area contributed by atoms with Crippen molar-refractivity contribution in [3.63, 3.8) is 0 Å². The summed E-state index contributed by atoms with van der Waals surface area (Å²) < 4.78 is 7.12. The van der Waals surface area contributed by atoms with Crippen molar-refractivity contribution in [2.24, 2.45) is 0 Å². The van der Waals surface area contributed by atoms with Crippen LogP contribution in [0.4, 0.5) is 4.79 Å². The van der Waals surface area contributed by atoms with Crippen LogP contribution in [0.5, 0.6) is 0 Å². The van der Waals surface area contributed by atoms with Crippen LogP contribution in [0.25, 0.3) is 16.5 Å². The normalized spacial score (nSPS) is 12.6. The van der Waals surface area contributed by atoms with E-state index in [0.29, 0.717) is 0 Å². The number of rotatable bonds is 5. The molecule has 2 rings (SSSR count). The quantitative estimate of drug-likeness (QED) is 0.593. The predicted molar refractivity (Wildman–Crippen MR) is 106 cm³/mol. The highest BCUT2D eigenvalue weighted by molar-refractivity contribution is 5.98. The molecule has 0 spiro atoms. The van der Waals surface area contributed by atoms with E-state index in [1.54, 1.807) is 4.57 Å². The van der Waals surface area contributed by atoms with Gasteiger partial charge in [-0.1, -0.05) is 44.9 Å². The lowest BCUT2D eigenvalue weighted by molar-refractivity contribution is 0.0544. The molecule has 26 heavy (non-hydrogen) atoms. The second-order valence-electron chi connectivity index (χ2n) is 7.48. The van der Waals surface area contributed by atoms with Gasteiger partial charge in [0.2, 0.25) is 0 Å². The molecule has 0 unspecified atom stereocenters. The number of nitrogens with zero attached hydrogens (tertiary/aromatic N) is 2. The highest BCUT2D eigenvalue weighted by Gasteiger charge is 2.22. The number of ether oxygens (including phenoxy) is 1. The first-order chi connectivity index (χ1) is 12.3. The second-order valence-corrected chi connectivity index (χ2v) is 7.48. The van der Waals surface area contributed by atoms with Gasteiger partial charge in [0.05, 0.1) is 11.6 Å². The average Bonchev–Trinajstić information content (AvgIpc) is 2.96. The number of allylic oxidation sites excluding steroid dienone is 2. The molecule has 0 amide bonds. The minimum absolute atomic E-state index is 0.398. The standard InChI is InChI=1S/C22H28N2O2/c1-6-10-16(14-23)17(11-7-2)19-15-24(21(25)26-22(3,4)5)20-13-9-8-12-18(19)20/h8-9,12-13,15H,6-7,10-11H2,1-5H3/b17-16-. The minimum atomic E-state index is -0.565. The van der Waals surface area contributed by atoms with Gasteiger partial charge in [-0.25, -0.2) is 4.79 Å². The molecule has 0 aliphatic heterocycles. The van der Waals surface area contributed by atoms with Gasteiger partial charge in [0, 0.05) is 22.7 Å². The van der Waals surface area contributed by atoms with Gasteiger partial charge in [0.1, 0.15) is 5.60 Å². The van der Waals surface area contributed by atoms with Gasteiger partial charge in [-0.05, 0) is 45.3 Å². The molecule has 4 nitrogen and oxygen atoms in total. The molecule has 0 saturated carbocycles. The number of carbonyl (C=O) groups is 1. The van der Waals surface area contributed by atoms with Crippen LogP contribution in [-0.4, -0.2) is 16.3 Å². The molecule has 1 aromatic heterocycles. The first-order valence-electron chi connectivity index (χ1n) is 9.28. The number of hydrogen-bond donors (Lipinski definition) is 0. The van der Waals surface area contributed by atoms with E-state index in [1.165, 1.54) is 0 Å². The monoisotopic (exact) mass is 352 g/mol. The Balaban J connectivity index is 2.68. The summed E-state index contributed by atoms with van der Waals surface area (Å²) in [5.74, 6) is 0. The van der Waals surface area contributed by atoms with Gasteiger partial charge in [-0.3, -0.25) is 4.57 Å². The molecule has 1 aromatic carbocycles. The Morgan fingerprint density at radius 1 is 1.15 bits per heavy atom.